The third-order valence-corrected chi connectivity index (χ3v) is 6.11. The van der Waals surface area contributed by atoms with Crippen LogP contribution in [0.1, 0.15) is 53.4 Å². The van der Waals surface area contributed by atoms with Crippen molar-refractivity contribution >= 4 is 17.3 Å². The average molecular weight is 446 g/mol. The van der Waals surface area contributed by atoms with E-state index in [2.05, 4.69) is 52.6 Å². The number of carboxylic acids is 1. The largest absolute Gasteiger partial charge is 0.491 e. The van der Waals surface area contributed by atoms with Gasteiger partial charge < -0.3 is 20.1 Å². The predicted molar refractivity (Wildman–Crippen MR) is 131 cm³/mol. The van der Waals surface area contributed by atoms with Crippen LogP contribution in [-0.2, 0) is 12.8 Å². The number of aromatic nitrogens is 1. The number of rotatable bonds is 8. The first kappa shape index (κ1) is 22.8. The van der Waals surface area contributed by atoms with Gasteiger partial charge in [-0.2, -0.15) is 0 Å². The van der Waals surface area contributed by atoms with Gasteiger partial charge in [-0.1, -0.05) is 6.07 Å². The molecule has 3 aromatic rings. The molecule has 33 heavy (non-hydrogen) atoms. The number of fused-ring (bicyclic) bond motifs is 1. The van der Waals surface area contributed by atoms with Crippen molar-refractivity contribution in [3.05, 3.63) is 83.2 Å². The van der Waals surface area contributed by atoms with Gasteiger partial charge >= 0.3 is 5.97 Å². The van der Waals surface area contributed by atoms with E-state index in [4.69, 9.17) is 4.74 Å². The van der Waals surface area contributed by atoms with Gasteiger partial charge in [0.15, 0.2) is 0 Å². The summed E-state index contributed by atoms with van der Waals surface area (Å²) in [6.45, 7) is 4.96. The summed E-state index contributed by atoms with van der Waals surface area (Å²) >= 11 is 0. The summed E-state index contributed by atoms with van der Waals surface area (Å²) in [6, 6.07) is 16.6. The number of ether oxygens (including phenoxy) is 1. The number of hydrogen-bond acceptors (Lipinski definition) is 5. The van der Waals surface area contributed by atoms with Gasteiger partial charge in [-0.05, 0) is 98.8 Å². The molecule has 0 aliphatic carbocycles. The van der Waals surface area contributed by atoms with Crippen LogP contribution in [0.4, 0.5) is 11.4 Å². The summed E-state index contributed by atoms with van der Waals surface area (Å²) in [5.74, 6) is -0.0259. The van der Waals surface area contributed by atoms with Crippen LogP contribution in [0.3, 0.4) is 0 Å². The Labute approximate surface area is 195 Å². The lowest BCUT2D eigenvalue weighted by Crippen LogP contribution is -2.30. The fourth-order valence-electron chi connectivity index (χ4n) is 4.41. The molecule has 6 heteroatoms. The van der Waals surface area contributed by atoms with E-state index in [0.717, 1.165) is 42.1 Å². The molecular weight excluding hydrogens is 414 g/mol. The molecule has 1 aliphatic rings. The molecule has 0 amide bonds. The van der Waals surface area contributed by atoms with Gasteiger partial charge in [-0.3, -0.25) is 4.98 Å². The van der Waals surface area contributed by atoms with E-state index in [-0.39, 0.29) is 12.1 Å². The van der Waals surface area contributed by atoms with Gasteiger partial charge in [-0.25, -0.2) is 4.79 Å². The molecule has 2 aromatic carbocycles. The Morgan fingerprint density at radius 3 is 2.67 bits per heavy atom. The Morgan fingerprint density at radius 2 is 1.94 bits per heavy atom. The van der Waals surface area contributed by atoms with Crippen LogP contribution >= 0.6 is 0 Å². The van der Waals surface area contributed by atoms with E-state index in [1.807, 2.05) is 26.0 Å². The van der Waals surface area contributed by atoms with E-state index in [1.165, 1.54) is 17.3 Å². The molecule has 172 valence electrons. The predicted octanol–water partition coefficient (Wildman–Crippen LogP) is 5.15. The molecule has 0 radical (unpaired) electrons. The second-order valence-corrected chi connectivity index (χ2v) is 8.74. The van der Waals surface area contributed by atoms with Crippen LogP contribution < -0.4 is 15.0 Å². The molecule has 4 rings (SSSR count). The summed E-state index contributed by atoms with van der Waals surface area (Å²) in [6.07, 6.45) is 5.82. The molecular formula is C27H31N3O3. The Hall–Kier alpha value is -3.38. The fraction of sp³-hybridized carbons (Fsp3) is 0.333. The zero-order valence-electron chi connectivity index (χ0n) is 19.4. The number of carboxylic acid groups (broad SMARTS) is 1. The molecule has 0 unspecified atom stereocenters. The molecule has 1 atom stereocenters. The number of benzene rings is 2. The summed E-state index contributed by atoms with van der Waals surface area (Å²) in [4.78, 5) is 17.8. The van der Waals surface area contributed by atoms with E-state index < -0.39 is 5.97 Å². The number of carbonyl (C=O) groups is 1. The number of nitrogens with zero attached hydrogens (tertiary/aromatic N) is 2. The van der Waals surface area contributed by atoms with Gasteiger partial charge in [0, 0.05) is 36.9 Å². The lowest BCUT2D eigenvalue weighted by Gasteiger charge is -2.29. The van der Waals surface area contributed by atoms with Gasteiger partial charge in [0.2, 0.25) is 0 Å². The van der Waals surface area contributed by atoms with Crippen molar-refractivity contribution in [2.75, 3.05) is 18.5 Å². The first-order chi connectivity index (χ1) is 15.9. The quantitative estimate of drug-likeness (QED) is 0.499. The van der Waals surface area contributed by atoms with Crippen molar-refractivity contribution in [3.63, 3.8) is 0 Å². The van der Waals surface area contributed by atoms with Gasteiger partial charge in [-0.15, -0.1) is 0 Å². The standard InChI is InChI=1S/C27H31N3O3/c1-18(2)33-23-8-5-21(6-9-23)30(3)22-7-10-24-19(16-22)12-15-29-26(24)11-4-20-17-28-14-13-25(20)27(31)32/h5-10,13-14,16-18,26,29H,4,11-12,15H2,1-3H3,(H,31,32)/t26-/m0/s1. The van der Waals surface area contributed by atoms with E-state index in [0.29, 0.717) is 12.0 Å². The van der Waals surface area contributed by atoms with Gasteiger partial charge in [0.25, 0.3) is 0 Å². The van der Waals surface area contributed by atoms with Gasteiger partial charge in [0.1, 0.15) is 5.75 Å². The summed E-state index contributed by atoms with van der Waals surface area (Å²) in [5.41, 5.74) is 6.00. The molecule has 0 bridgehead atoms. The number of aryl methyl sites for hydroxylation is 1. The highest BCUT2D eigenvalue weighted by Crippen LogP contribution is 2.33. The highest BCUT2D eigenvalue weighted by atomic mass is 16.5. The minimum atomic E-state index is -0.902. The Balaban J connectivity index is 1.48. The fourth-order valence-corrected chi connectivity index (χ4v) is 4.41. The third kappa shape index (κ3) is 5.34. The topological polar surface area (TPSA) is 74.7 Å². The van der Waals surface area contributed by atoms with E-state index in [1.54, 1.807) is 12.3 Å². The van der Waals surface area contributed by atoms with E-state index in [9.17, 15) is 9.90 Å². The normalized spacial score (nSPS) is 15.2. The first-order valence-corrected chi connectivity index (χ1v) is 11.4. The zero-order valence-corrected chi connectivity index (χ0v) is 19.4. The molecule has 2 N–H and O–H groups in total. The number of pyridine rings is 1. The van der Waals surface area contributed by atoms with E-state index >= 15 is 0 Å². The van der Waals surface area contributed by atoms with Gasteiger partial charge in [0.05, 0.1) is 11.7 Å². The molecule has 1 aromatic heterocycles. The average Bonchev–Trinajstić information content (AvgIpc) is 2.82. The maximum atomic E-state index is 11.5. The SMILES string of the molecule is CC(C)Oc1ccc(N(C)c2ccc3c(c2)CCN[C@H]3CCc2cnccc2C(=O)O)cc1. The molecule has 2 heterocycles. The van der Waals surface area contributed by atoms with Crippen molar-refractivity contribution in [3.8, 4) is 5.75 Å². The highest BCUT2D eigenvalue weighted by molar-refractivity contribution is 5.89. The van der Waals surface area contributed by atoms with Crippen LogP contribution in [0.5, 0.6) is 5.75 Å². The lowest BCUT2D eigenvalue weighted by molar-refractivity contribution is 0.0695. The molecule has 0 spiro atoms. The van der Waals surface area contributed by atoms with Crippen molar-refractivity contribution in [2.45, 2.75) is 45.3 Å². The second kappa shape index (κ2) is 10.0. The van der Waals surface area contributed by atoms with Crippen LogP contribution in [0, 0.1) is 0 Å². The lowest BCUT2D eigenvalue weighted by atomic mass is 9.89. The van der Waals surface area contributed by atoms with Crippen LogP contribution in [0.15, 0.2) is 60.9 Å². The minimum Gasteiger partial charge on any atom is -0.491 e. The highest BCUT2D eigenvalue weighted by Gasteiger charge is 2.21. The Morgan fingerprint density at radius 1 is 1.18 bits per heavy atom. The monoisotopic (exact) mass is 445 g/mol. The Kier molecular flexibility index (Phi) is 6.94. The minimum absolute atomic E-state index is 0.157. The van der Waals surface area contributed by atoms with Crippen LogP contribution in [0.25, 0.3) is 0 Å². The third-order valence-electron chi connectivity index (χ3n) is 6.11. The zero-order chi connectivity index (χ0) is 23.4. The molecule has 0 fully saturated rings. The van der Waals surface area contributed by atoms with Crippen molar-refractivity contribution in [2.24, 2.45) is 0 Å². The summed E-state index contributed by atoms with van der Waals surface area (Å²) in [5, 5.41) is 13.0. The second-order valence-electron chi connectivity index (χ2n) is 8.74. The smallest absolute Gasteiger partial charge is 0.336 e. The molecule has 6 nitrogen and oxygen atoms in total. The molecule has 0 saturated carbocycles. The van der Waals surface area contributed by atoms with Crippen molar-refractivity contribution < 1.29 is 14.6 Å². The van der Waals surface area contributed by atoms with Crippen molar-refractivity contribution in [1.82, 2.24) is 10.3 Å². The summed E-state index contributed by atoms with van der Waals surface area (Å²) in [7, 11) is 2.08. The number of anilines is 2. The number of aromatic carboxylic acids is 1. The maximum absolute atomic E-state index is 11.5. The van der Waals surface area contributed by atoms with Crippen LogP contribution in [0.2, 0.25) is 0 Å². The molecule has 1 aliphatic heterocycles. The summed E-state index contributed by atoms with van der Waals surface area (Å²) < 4.78 is 5.75. The maximum Gasteiger partial charge on any atom is 0.336 e. The Bertz CT molecular complexity index is 1110. The number of nitrogens with one attached hydrogen (secondary N) is 1. The molecule has 0 saturated heterocycles. The van der Waals surface area contributed by atoms with Crippen LogP contribution in [-0.4, -0.2) is 35.8 Å². The van der Waals surface area contributed by atoms with Crippen molar-refractivity contribution in [1.29, 1.82) is 0 Å². The first-order valence-electron chi connectivity index (χ1n) is 11.4. The number of hydrogen-bond donors (Lipinski definition) is 2.